The summed E-state index contributed by atoms with van der Waals surface area (Å²) in [6.45, 7) is 8.42. The number of rotatable bonds is 7. The molecule has 1 aromatic carbocycles. The number of hydrogen-bond acceptors (Lipinski definition) is 6. The highest BCUT2D eigenvalue weighted by Crippen LogP contribution is 2.30. The molecular formula is C26H31N3O5S. The van der Waals surface area contributed by atoms with Crippen molar-refractivity contribution in [2.24, 2.45) is 5.92 Å². The second-order valence-corrected chi connectivity index (χ2v) is 11.0. The third kappa shape index (κ3) is 5.41. The van der Waals surface area contributed by atoms with Crippen molar-refractivity contribution in [1.29, 1.82) is 0 Å². The van der Waals surface area contributed by atoms with Crippen molar-refractivity contribution in [3.05, 3.63) is 70.0 Å². The van der Waals surface area contributed by atoms with Crippen molar-refractivity contribution < 1.29 is 22.2 Å². The zero-order chi connectivity index (χ0) is 25.2. The predicted molar refractivity (Wildman–Crippen MR) is 133 cm³/mol. The van der Waals surface area contributed by atoms with Gasteiger partial charge in [-0.2, -0.15) is 4.31 Å². The average Bonchev–Trinajstić information content (AvgIpc) is 3.46. The first kappa shape index (κ1) is 24.9. The van der Waals surface area contributed by atoms with Crippen LogP contribution in [0.25, 0.3) is 12.2 Å². The number of hydrogen-bond donors (Lipinski definition) is 1. The minimum absolute atomic E-state index is 0.0489. The molecule has 3 heterocycles. The second-order valence-electron chi connectivity index (χ2n) is 9.11. The van der Waals surface area contributed by atoms with Crippen LogP contribution in [-0.2, 0) is 21.4 Å². The van der Waals surface area contributed by atoms with Gasteiger partial charge in [0.2, 0.25) is 15.9 Å². The van der Waals surface area contributed by atoms with Gasteiger partial charge in [-0.05, 0) is 75.4 Å². The van der Waals surface area contributed by atoms with E-state index in [1.54, 1.807) is 31.4 Å². The van der Waals surface area contributed by atoms with Gasteiger partial charge in [0.1, 0.15) is 11.5 Å². The van der Waals surface area contributed by atoms with Crippen molar-refractivity contribution in [2.45, 2.75) is 52.0 Å². The van der Waals surface area contributed by atoms with Crippen molar-refractivity contribution in [1.82, 2.24) is 14.8 Å². The van der Waals surface area contributed by atoms with E-state index in [2.05, 4.69) is 22.6 Å². The summed E-state index contributed by atoms with van der Waals surface area (Å²) in [5, 5.41) is 6.78. The Bertz CT molecular complexity index is 1320. The van der Waals surface area contributed by atoms with Crippen LogP contribution < -0.4 is 5.32 Å². The highest BCUT2D eigenvalue weighted by atomic mass is 32.2. The van der Waals surface area contributed by atoms with Crippen LogP contribution in [-0.4, -0.2) is 36.9 Å². The fourth-order valence-electron chi connectivity index (χ4n) is 4.65. The van der Waals surface area contributed by atoms with Gasteiger partial charge in [-0.25, -0.2) is 8.42 Å². The van der Waals surface area contributed by atoms with Crippen LogP contribution in [0, 0.1) is 33.6 Å². The molecule has 1 atom stereocenters. The molecule has 2 aromatic heterocycles. The molecule has 0 aliphatic carbocycles. The van der Waals surface area contributed by atoms with Gasteiger partial charge in [-0.1, -0.05) is 28.9 Å². The normalized spacial score (nSPS) is 17.2. The summed E-state index contributed by atoms with van der Waals surface area (Å²) < 4.78 is 39.3. The average molecular weight is 498 g/mol. The first-order chi connectivity index (χ1) is 16.7. The Balaban J connectivity index is 1.54. The Morgan fingerprint density at radius 2 is 1.94 bits per heavy atom. The van der Waals surface area contributed by atoms with Crippen molar-refractivity contribution in [3.8, 4) is 0 Å². The van der Waals surface area contributed by atoms with E-state index >= 15 is 0 Å². The quantitative estimate of drug-likeness (QED) is 0.519. The molecule has 1 aliphatic rings. The number of carbonyl (C=O) groups is 1. The van der Waals surface area contributed by atoms with E-state index in [4.69, 9.17) is 8.94 Å². The number of piperidine rings is 1. The maximum absolute atomic E-state index is 13.6. The Morgan fingerprint density at radius 3 is 2.63 bits per heavy atom. The molecule has 186 valence electrons. The molecule has 0 bridgehead atoms. The molecule has 0 saturated carbocycles. The van der Waals surface area contributed by atoms with Crippen LogP contribution in [0.15, 0.2) is 44.4 Å². The second kappa shape index (κ2) is 10.2. The third-order valence-electron chi connectivity index (χ3n) is 6.34. The molecule has 35 heavy (non-hydrogen) atoms. The first-order valence-corrected chi connectivity index (χ1v) is 13.1. The topological polar surface area (TPSA) is 106 Å². The molecule has 0 unspecified atom stereocenters. The Kier molecular flexibility index (Phi) is 7.28. The van der Waals surface area contributed by atoms with E-state index in [0.717, 1.165) is 16.7 Å². The summed E-state index contributed by atoms with van der Waals surface area (Å²) >= 11 is 0. The number of sulfonamides is 1. The van der Waals surface area contributed by atoms with Gasteiger partial charge in [-0.3, -0.25) is 4.79 Å². The fourth-order valence-corrected chi connectivity index (χ4v) is 6.42. The lowest BCUT2D eigenvalue weighted by molar-refractivity contribution is -0.126. The molecule has 4 rings (SSSR count). The molecular weight excluding hydrogens is 466 g/mol. The molecule has 1 N–H and O–H groups in total. The Morgan fingerprint density at radius 1 is 1.20 bits per heavy atom. The maximum Gasteiger partial charge on any atom is 0.248 e. The minimum atomic E-state index is -3.91. The highest BCUT2D eigenvalue weighted by molar-refractivity contribution is 7.89. The molecule has 1 saturated heterocycles. The summed E-state index contributed by atoms with van der Waals surface area (Å²) in [5.74, 6) is 0.208. The Hall–Kier alpha value is -3.17. The van der Waals surface area contributed by atoms with E-state index in [1.165, 1.54) is 9.87 Å². The van der Waals surface area contributed by atoms with Crippen LogP contribution in [0.5, 0.6) is 0 Å². The van der Waals surface area contributed by atoms with Gasteiger partial charge < -0.3 is 14.3 Å². The van der Waals surface area contributed by atoms with Crippen LogP contribution in [0.2, 0.25) is 0 Å². The number of aromatic nitrogens is 1. The molecule has 0 spiro atoms. The zero-order valence-electron chi connectivity index (χ0n) is 20.5. The van der Waals surface area contributed by atoms with Gasteiger partial charge >= 0.3 is 0 Å². The molecule has 8 nitrogen and oxygen atoms in total. The van der Waals surface area contributed by atoms with E-state index in [9.17, 15) is 13.2 Å². The van der Waals surface area contributed by atoms with Gasteiger partial charge in [0.05, 0.1) is 18.7 Å². The first-order valence-electron chi connectivity index (χ1n) is 11.7. The number of carbonyl (C=O) groups excluding carboxylic acids is 1. The summed E-state index contributed by atoms with van der Waals surface area (Å²) in [4.78, 5) is 12.8. The summed E-state index contributed by atoms with van der Waals surface area (Å²) in [6, 6.07) is 7.70. The maximum atomic E-state index is 13.6. The number of aryl methyl sites for hydroxylation is 4. The number of benzene rings is 1. The van der Waals surface area contributed by atoms with Crippen molar-refractivity contribution >= 4 is 28.1 Å². The standard InChI is InChI=1S/C26H31N3O5S/c1-17-13-18(2)23(19(3)14-17)9-10-24-25(20(4)28-34-24)35(31,32)29-11-5-7-21(16-29)26(30)27-15-22-8-6-12-33-22/h6,8-10,12-14,21H,5,7,11,15-16H2,1-4H3,(H,27,30)/b10-9+/t21-/m0/s1. The lowest BCUT2D eigenvalue weighted by atomic mass is 9.99. The fraction of sp³-hybridized carbons (Fsp3) is 0.385. The summed E-state index contributed by atoms with van der Waals surface area (Å²) in [6.07, 6.45) is 6.29. The minimum Gasteiger partial charge on any atom is -0.467 e. The lowest BCUT2D eigenvalue weighted by Gasteiger charge is -2.31. The lowest BCUT2D eigenvalue weighted by Crippen LogP contribution is -2.45. The van der Waals surface area contributed by atoms with Gasteiger partial charge in [0.25, 0.3) is 0 Å². The molecule has 1 aliphatic heterocycles. The van der Waals surface area contributed by atoms with Crippen LogP contribution in [0.4, 0.5) is 0 Å². The van der Waals surface area contributed by atoms with Gasteiger partial charge in [0.15, 0.2) is 10.7 Å². The highest BCUT2D eigenvalue weighted by Gasteiger charge is 2.36. The number of amides is 1. The number of nitrogens with one attached hydrogen (secondary N) is 1. The predicted octanol–water partition coefficient (Wildman–Crippen LogP) is 4.39. The number of nitrogens with zero attached hydrogens (tertiary/aromatic N) is 2. The van der Waals surface area contributed by atoms with Crippen molar-refractivity contribution in [3.63, 3.8) is 0 Å². The largest absolute Gasteiger partial charge is 0.467 e. The van der Waals surface area contributed by atoms with Crippen LogP contribution in [0.1, 0.15) is 52.3 Å². The van der Waals surface area contributed by atoms with E-state index < -0.39 is 15.9 Å². The summed E-state index contributed by atoms with van der Waals surface area (Å²) in [5.41, 5.74) is 4.67. The number of furan rings is 1. The smallest absolute Gasteiger partial charge is 0.248 e. The Labute approximate surface area is 206 Å². The molecule has 9 heteroatoms. The molecule has 0 radical (unpaired) electrons. The van der Waals surface area contributed by atoms with Crippen LogP contribution >= 0.6 is 0 Å². The monoisotopic (exact) mass is 497 g/mol. The van der Waals surface area contributed by atoms with E-state index in [-0.39, 0.29) is 29.7 Å². The van der Waals surface area contributed by atoms with E-state index in [0.29, 0.717) is 30.8 Å². The van der Waals surface area contributed by atoms with Crippen molar-refractivity contribution in [2.75, 3.05) is 13.1 Å². The molecule has 3 aromatic rings. The summed E-state index contributed by atoms with van der Waals surface area (Å²) in [7, 11) is -3.91. The van der Waals surface area contributed by atoms with E-state index in [1.807, 2.05) is 26.8 Å². The SMILES string of the molecule is Cc1cc(C)c(/C=C/c2onc(C)c2S(=O)(=O)N2CCC[C@H](C(=O)NCc3ccco3)C2)c(C)c1. The van der Waals surface area contributed by atoms with Crippen LogP contribution in [0.3, 0.4) is 0 Å². The van der Waals surface area contributed by atoms with Gasteiger partial charge in [0, 0.05) is 13.1 Å². The molecule has 1 amide bonds. The van der Waals surface area contributed by atoms with Gasteiger partial charge in [-0.15, -0.1) is 0 Å². The third-order valence-corrected chi connectivity index (χ3v) is 8.37. The zero-order valence-corrected chi connectivity index (χ0v) is 21.3. The molecule has 1 fully saturated rings.